The fourth-order valence-corrected chi connectivity index (χ4v) is 4.37. The van der Waals surface area contributed by atoms with Gasteiger partial charge in [-0.1, -0.05) is 24.3 Å². The van der Waals surface area contributed by atoms with Crippen LogP contribution in [-0.4, -0.2) is 43.0 Å². The van der Waals surface area contributed by atoms with Crippen LogP contribution in [0.2, 0.25) is 0 Å². The highest BCUT2D eigenvalue weighted by Gasteiger charge is 2.46. The SMILES string of the molecule is COc1cc(NC(=O)C[C@H]2C(=O)N(c3ccccc3)C(=O)N2Cc2cccs2)cc(OC)c1. The summed E-state index contributed by atoms with van der Waals surface area (Å²) in [5, 5.41) is 4.69. The lowest BCUT2D eigenvalue weighted by molar-refractivity contribution is -0.124. The van der Waals surface area contributed by atoms with E-state index in [4.69, 9.17) is 9.47 Å². The second kappa shape index (κ2) is 9.74. The molecule has 1 aromatic heterocycles. The average Bonchev–Trinajstić information content (AvgIpc) is 3.42. The van der Waals surface area contributed by atoms with Crippen molar-refractivity contribution in [1.82, 2.24) is 4.90 Å². The summed E-state index contributed by atoms with van der Waals surface area (Å²) in [4.78, 5) is 42.9. The lowest BCUT2D eigenvalue weighted by Crippen LogP contribution is -2.37. The number of methoxy groups -OCH3 is 2. The van der Waals surface area contributed by atoms with Crippen LogP contribution in [0.3, 0.4) is 0 Å². The fourth-order valence-electron chi connectivity index (χ4n) is 3.67. The second-order valence-corrected chi connectivity index (χ2v) is 8.40. The Morgan fingerprint density at radius 2 is 1.70 bits per heavy atom. The number of hydrogen-bond donors (Lipinski definition) is 1. The number of nitrogens with one attached hydrogen (secondary N) is 1. The molecule has 1 aliphatic heterocycles. The van der Waals surface area contributed by atoms with Gasteiger partial charge in [0, 0.05) is 28.8 Å². The molecule has 0 unspecified atom stereocenters. The highest BCUT2D eigenvalue weighted by molar-refractivity contribution is 7.09. The Labute approximate surface area is 195 Å². The lowest BCUT2D eigenvalue weighted by atomic mass is 10.1. The van der Waals surface area contributed by atoms with E-state index in [0.29, 0.717) is 22.9 Å². The molecular formula is C24H23N3O5S. The highest BCUT2D eigenvalue weighted by atomic mass is 32.1. The monoisotopic (exact) mass is 465 g/mol. The third kappa shape index (κ3) is 4.83. The van der Waals surface area contributed by atoms with Gasteiger partial charge in [-0.25, -0.2) is 9.69 Å². The van der Waals surface area contributed by atoms with Crippen LogP contribution in [0, 0.1) is 0 Å². The molecule has 0 aliphatic carbocycles. The second-order valence-electron chi connectivity index (χ2n) is 7.37. The van der Waals surface area contributed by atoms with Gasteiger partial charge in [0.25, 0.3) is 5.91 Å². The predicted molar refractivity (Wildman–Crippen MR) is 126 cm³/mol. The predicted octanol–water partition coefficient (Wildman–Crippen LogP) is 4.13. The Kier molecular flexibility index (Phi) is 6.60. The first-order valence-electron chi connectivity index (χ1n) is 10.2. The number of amides is 4. The van der Waals surface area contributed by atoms with E-state index in [2.05, 4.69) is 5.32 Å². The number of rotatable bonds is 8. The summed E-state index contributed by atoms with van der Waals surface area (Å²) in [5.41, 5.74) is 0.946. The van der Waals surface area contributed by atoms with Crippen LogP contribution in [-0.2, 0) is 16.1 Å². The number of anilines is 2. The first kappa shape index (κ1) is 22.3. The average molecular weight is 466 g/mol. The number of thiophene rings is 1. The molecule has 1 atom stereocenters. The van der Waals surface area contributed by atoms with E-state index in [1.165, 1.54) is 30.5 Å². The molecule has 4 amide bonds. The number of carbonyl (C=O) groups excluding carboxylic acids is 3. The van der Waals surface area contributed by atoms with Gasteiger partial charge in [-0.15, -0.1) is 11.3 Å². The maximum absolute atomic E-state index is 13.3. The van der Waals surface area contributed by atoms with Gasteiger partial charge >= 0.3 is 6.03 Å². The maximum Gasteiger partial charge on any atom is 0.332 e. The number of carbonyl (C=O) groups is 3. The summed E-state index contributed by atoms with van der Waals surface area (Å²) in [7, 11) is 3.04. The van der Waals surface area contributed by atoms with Gasteiger partial charge in [-0.2, -0.15) is 0 Å². The van der Waals surface area contributed by atoms with Crippen LogP contribution >= 0.6 is 11.3 Å². The van der Waals surface area contributed by atoms with Crippen molar-refractivity contribution in [1.29, 1.82) is 0 Å². The quantitative estimate of drug-likeness (QED) is 0.506. The van der Waals surface area contributed by atoms with Crippen molar-refractivity contribution in [2.75, 3.05) is 24.4 Å². The van der Waals surface area contributed by atoms with E-state index in [0.717, 1.165) is 9.78 Å². The van der Waals surface area contributed by atoms with Gasteiger partial charge in [0.15, 0.2) is 0 Å². The zero-order chi connectivity index (χ0) is 23.4. The minimum absolute atomic E-state index is 0.182. The van der Waals surface area contributed by atoms with Gasteiger partial charge in [-0.05, 0) is 23.6 Å². The number of imide groups is 1. The van der Waals surface area contributed by atoms with E-state index in [9.17, 15) is 14.4 Å². The van der Waals surface area contributed by atoms with Gasteiger partial charge < -0.3 is 19.7 Å². The van der Waals surface area contributed by atoms with Crippen molar-refractivity contribution in [2.45, 2.75) is 19.0 Å². The van der Waals surface area contributed by atoms with Crippen molar-refractivity contribution < 1.29 is 23.9 Å². The molecule has 0 spiro atoms. The Balaban J connectivity index is 1.57. The summed E-state index contributed by atoms with van der Waals surface area (Å²) in [5.74, 6) is 0.210. The topological polar surface area (TPSA) is 88.2 Å². The van der Waals surface area contributed by atoms with Crippen molar-refractivity contribution in [3.8, 4) is 11.5 Å². The molecule has 0 radical (unpaired) electrons. The minimum atomic E-state index is -0.924. The molecule has 4 rings (SSSR count). The van der Waals surface area contributed by atoms with Crippen LogP contribution in [0.5, 0.6) is 11.5 Å². The summed E-state index contributed by atoms with van der Waals surface area (Å²) in [6, 6.07) is 16.1. The maximum atomic E-state index is 13.3. The van der Waals surface area contributed by atoms with Crippen LogP contribution in [0.15, 0.2) is 66.0 Å². The molecule has 0 bridgehead atoms. The van der Waals surface area contributed by atoms with Crippen LogP contribution in [0.25, 0.3) is 0 Å². The van der Waals surface area contributed by atoms with Crippen molar-refractivity contribution in [2.24, 2.45) is 0 Å². The first-order chi connectivity index (χ1) is 16.0. The molecule has 1 aliphatic rings. The summed E-state index contributed by atoms with van der Waals surface area (Å²) < 4.78 is 10.5. The Hall–Kier alpha value is -3.85. The zero-order valence-electron chi connectivity index (χ0n) is 18.2. The minimum Gasteiger partial charge on any atom is -0.497 e. The van der Waals surface area contributed by atoms with Crippen LogP contribution < -0.4 is 19.7 Å². The molecular weight excluding hydrogens is 442 g/mol. The number of nitrogens with zero attached hydrogens (tertiary/aromatic N) is 2. The molecule has 1 saturated heterocycles. The Morgan fingerprint density at radius 1 is 1.00 bits per heavy atom. The van der Waals surface area contributed by atoms with Crippen molar-refractivity contribution >= 4 is 40.6 Å². The molecule has 1 fully saturated rings. The van der Waals surface area contributed by atoms with Gasteiger partial charge in [0.1, 0.15) is 17.5 Å². The van der Waals surface area contributed by atoms with Crippen LogP contribution in [0.1, 0.15) is 11.3 Å². The van der Waals surface area contributed by atoms with Crippen molar-refractivity contribution in [3.05, 3.63) is 70.9 Å². The molecule has 170 valence electrons. The van der Waals surface area contributed by atoms with E-state index in [1.54, 1.807) is 42.5 Å². The number of para-hydroxylation sites is 1. The number of hydrogen-bond acceptors (Lipinski definition) is 6. The van der Waals surface area contributed by atoms with Crippen molar-refractivity contribution in [3.63, 3.8) is 0 Å². The first-order valence-corrected chi connectivity index (χ1v) is 11.1. The Bertz CT molecular complexity index is 1130. The van der Waals surface area contributed by atoms with E-state index in [1.807, 2.05) is 23.6 Å². The molecule has 33 heavy (non-hydrogen) atoms. The number of urea groups is 1. The molecule has 2 aromatic carbocycles. The van der Waals surface area contributed by atoms with Gasteiger partial charge in [0.05, 0.1) is 32.9 Å². The molecule has 1 N–H and O–H groups in total. The summed E-state index contributed by atoms with van der Waals surface area (Å²) in [6.07, 6.45) is -0.182. The van der Waals surface area contributed by atoms with Gasteiger partial charge in [-0.3, -0.25) is 9.59 Å². The molecule has 9 heteroatoms. The van der Waals surface area contributed by atoms with E-state index in [-0.39, 0.29) is 13.0 Å². The van der Waals surface area contributed by atoms with Gasteiger partial charge in [0.2, 0.25) is 5.91 Å². The Morgan fingerprint density at radius 3 is 2.30 bits per heavy atom. The molecule has 8 nitrogen and oxygen atoms in total. The smallest absolute Gasteiger partial charge is 0.332 e. The zero-order valence-corrected chi connectivity index (χ0v) is 19.0. The summed E-state index contributed by atoms with van der Waals surface area (Å²) >= 11 is 1.49. The third-order valence-corrected chi connectivity index (χ3v) is 6.11. The molecule has 2 heterocycles. The molecule has 3 aromatic rings. The lowest BCUT2D eigenvalue weighted by Gasteiger charge is -2.21. The van der Waals surface area contributed by atoms with Crippen LogP contribution in [0.4, 0.5) is 16.2 Å². The largest absolute Gasteiger partial charge is 0.497 e. The number of ether oxygens (including phenoxy) is 2. The third-order valence-electron chi connectivity index (χ3n) is 5.25. The standard InChI is InChI=1S/C24H23N3O5S/c1-31-18-11-16(12-19(13-18)32-2)25-22(28)14-21-23(29)27(17-7-4-3-5-8-17)24(30)26(21)15-20-9-6-10-33-20/h3-13,21H,14-15H2,1-2H3,(H,25,28)/t21-/m0/s1. The fraction of sp³-hybridized carbons (Fsp3) is 0.208. The highest BCUT2D eigenvalue weighted by Crippen LogP contribution is 2.30. The molecule has 0 saturated carbocycles. The summed E-state index contributed by atoms with van der Waals surface area (Å²) in [6.45, 7) is 0.247. The van der Waals surface area contributed by atoms with E-state index >= 15 is 0 Å². The normalized spacial score (nSPS) is 15.6. The number of benzene rings is 2. The van der Waals surface area contributed by atoms with E-state index < -0.39 is 23.9 Å².